The molecule has 0 saturated carbocycles. The number of hydrogen-bond acceptors (Lipinski definition) is 4. The van der Waals surface area contributed by atoms with E-state index in [0.29, 0.717) is 31.4 Å². The third kappa shape index (κ3) is 4.93. The van der Waals surface area contributed by atoms with Crippen LogP contribution in [0.4, 0.5) is 0 Å². The summed E-state index contributed by atoms with van der Waals surface area (Å²) in [4.78, 5) is 4.19. The topological polar surface area (TPSA) is 64.1 Å². The van der Waals surface area contributed by atoms with Crippen molar-refractivity contribution in [2.75, 3.05) is 27.0 Å². The summed E-state index contributed by atoms with van der Waals surface area (Å²) in [7, 11) is 1.73. The molecule has 0 aromatic heterocycles. The maximum Gasteiger partial charge on any atom is 0.231 e. The predicted octanol–water partition coefficient (Wildman–Crippen LogP) is 2.81. The molecule has 2 aromatic carbocycles. The van der Waals surface area contributed by atoms with Crippen LogP contribution in [0, 0.1) is 0 Å². The van der Waals surface area contributed by atoms with Gasteiger partial charge >= 0.3 is 0 Å². The number of fused-ring (bicyclic) bond motifs is 1. The lowest BCUT2D eigenvalue weighted by atomic mass is 10.2. The summed E-state index contributed by atoms with van der Waals surface area (Å²) < 4.78 is 16.3. The first-order valence-corrected chi connectivity index (χ1v) is 8.34. The van der Waals surface area contributed by atoms with Crippen molar-refractivity contribution < 1.29 is 14.2 Å². The second kappa shape index (κ2) is 8.48. The molecule has 3 rings (SSSR count). The van der Waals surface area contributed by atoms with Crippen molar-refractivity contribution in [1.29, 1.82) is 0 Å². The summed E-state index contributed by atoms with van der Waals surface area (Å²) >= 11 is 5.98. The van der Waals surface area contributed by atoms with Crippen molar-refractivity contribution in [3.63, 3.8) is 0 Å². The maximum absolute atomic E-state index is 5.98. The lowest BCUT2D eigenvalue weighted by molar-refractivity contribution is 0.173. The van der Waals surface area contributed by atoms with Gasteiger partial charge in [-0.15, -0.1) is 0 Å². The predicted molar refractivity (Wildman–Crippen MR) is 97.7 cm³/mol. The third-order valence-electron chi connectivity index (χ3n) is 3.58. The first kappa shape index (κ1) is 17.2. The van der Waals surface area contributed by atoms with E-state index in [9.17, 15) is 0 Å². The Bertz CT molecular complexity index is 752. The SMILES string of the molecule is CN=C(NCCOc1ccc2c(c1)OCO2)NCc1cccc(Cl)c1. The second-order valence-electron chi connectivity index (χ2n) is 5.35. The molecule has 1 aliphatic rings. The summed E-state index contributed by atoms with van der Waals surface area (Å²) in [6.45, 7) is 2.01. The largest absolute Gasteiger partial charge is 0.492 e. The molecule has 0 radical (unpaired) electrons. The van der Waals surface area contributed by atoms with Gasteiger partial charge in [0.2, 0.25) is 6.79 Å². The van der Waals surface area contributed by atoms with E-state index >= 15 is 0 Å². The van der Waals surface area contributed by atoms with Gasteiger partial charge < -0.3 is 24.8 Å². The smallest absolute Gasteiger partial charge is 0.231 e. The van der Waals surface area contributed by atoms with Crippen LogP contribution in [0.15, 0.2) is 47.5 Å². The highest BCUT2D eigenvalue weighted by Gasteiger charge is 2.13. The lowest BCUT2D eigenvalue weighted by Gasteiger charge is -2.13. The summed E-state index contributed by atoms with van der Waals surface area (Å²) in [5, 5.41) is 7.16. The van der Waals surface area contributed by atoms with Crippen LogP contribution in [-0.2, 0) is 6.54 Å². The minimum Gasteiger partial charge on any atom is -0.492 e. The molecule has 0 bridgehead atoms. The number of benzene rings is 2. The molecular weight excluding hydrogens is 342 g/mol. The molecule has 132 valence electrons. The Balaban J connectivity index is 1.40. The summed E-state index contributed by atoms with van der Waals surface area (Å²) in [5.41, 5.74) is 1.09. The minimum atomic E-state index is 0.259. The third-order valence-corrected chi connectivity index (χ3v) is 3.81. The Labute approximate surface area is 151 Å². The van der Waals surface area contributed by atoms with Crippen molar-refractivity contribution in [3.05, 3.63) is 53.1 Å². The van der Waals surface area contributed by atoms with E-state index in [1.54, 1.807) is 7.05 Å². The molecule has 0 aliphatic carbocycles. The molecule has 0 fully saturated rings. The van der Waals surface area contributed by atoms with Crippen LogP contribution in [0.2, 0.25) is 5.02 Å². The van der Waals surface area contributed by atoms with Gasteiger partial charge in [-0.1, -0.05) is 23.7 Å². The highest BCUT2D eigenvalue weighted by atomic mass is 35.5. The molecule has 2 aromatic rings. The van der Waals surface area contributed by atoms with E-state index in [4.69, 9.17) is 25.8 Å². The number of ether oxygens (including phenoxy) is 3. The maximum atomic E-state index is 5.98. The molecule has 0 amide bonds. The molecule has 6 nitrogen and oxygen atoms in total. The van der Waals surface area contributed by atoms with Crippen molar-refractivity contribution in [1.82, 2.24) is 10.6 Å². The number of rotatable bonds is 6. The normalized spacial score (nSPS) is 12.8. The molecule has 7 heteroatoms. The van der Waals surface area contributed by atoms with E-state index in [0.717, 1.165) is 22.1 Å². The van der Waals surface area contributed by atoms with Gasteiger partial charge in [0.1, 0.15) is 12.4 Å². The Morgan fingerprint density at radius 2 is 2.04 bits per heavy atom. The van der Waals surface area contributed by atoms with Gasteiger partial charge in [-0.25, -0.2) is 0 Å². The Morgan fingerprint density at radius 3 is 2.88 bits per heavy atom. The fraction of sp³-hybridized carbons (Fsp3) is 0.278. The number of nitrogens with zero attached hydrogens (tertiary/aromatic N) is 1. The van der Waals surface area contributed by atoms with Gasteiger partial charge in [-0.05, 0) is 29.8 Å². The quantitative estimate of drug-likeness (QED) is 0.470. The lowest BCUT2D eigenvalue weighted by Crippen LogP contribution is -2.38. The Hall–Kier alpha value is -2.60. The number of guanidine groups is 1. The standard InChI is InChI=1S/C18H20ClN3O3/c1-20-18(22-11-13-3-2-4-14(19)9-13)21-7-8-23-15-5-6-16-17(10-15)25-12-24-16/h2-6,9-10H,7-8,11-12H2,1H3,(H2,20,21,22). The average molecular weight is 362 g/mol. The van der Waals surface area contributed by atoms with E-state index in [1.807, 2.05) is 42.5 Å². The zero-order chi connectivity index (χ0) is 17.5. The van der Waals surface area contributed by atoms with Crippen molar-refractivity contribution >= 4 is 17.6 Å². The van der Waals surface area contributed by atoms with Crippen LogP contribution >= 0.6 is 11.6 Å². The molecule has 0 unspecified atom stereocenters. The van der Waals surface area contributed by atoms with E-state index in [2.05, 4.69) is 15.6 Å². The highest BCUT2D eigenvalue weighted by Crippen LogP contribution is 2.34. The van der Waals surface area contributed by atoms with Crippen LogP contribution in [0.3, 0.4) is 0 Å². The number of halogens is 1. The van der Waals surface area contributed by atoms with Gasteiger partial charge in [-0.3, -0.25) is 4.99 Å². The second-order valence-corrected chi connectivity index (χ2v) is 5.78. The number of aliphatic imine (C=N–C) groups is 1. The summed E-state index contributed by atoms with van der Waals surface area (Å²) in [6, 6.07) is 13.2. The molecule has 1 aliphatic heterocycles. The van der Waals surface area contributed by atoms with Gasteiger partial charge in [0, 0.05) is 24.7 Å². The first-order valence-electron chi connectivity index (χ1n) is 7.96. The molecule has 25 heavy (non-hydrogen) atoms. The summed E-state index contributed by atoms with van der Waals surface area (Å²) in [6.07, 6.45) is 0. The van der Waals surface area contributed by atoms with Crippen molar-refractivity contribution in [3.8, 4) is 17.2 Å². The minimum absolute atomic E-state index is 0.259. The molecule has 1 heterocycles. The van der Waals surface area contributed by atoms with Crippen LogP contribution in [0.5, 0.6) is 17.2 Å². The monoisotopic (exact) mass is 361 g/mol. The molecular formula is C18H20ClN3O3. The Morgan fingerprint density at radius 1 is 1.16 bits per heavy atom. The van der Waals surface area contributed by atoms with Gasteiger partial charge in [0.25, 0.3) is 0 Å². The van der Waals surface area contributed by atoms with Crippen molar-refractivity contribution in [2.45, 2.75) is 6.54 Å². The zero-order valence-corrected chi connectivity index (χ0v) is 14.7. The molecule has 0 spiro atoms. The fourth-order valence-electron chi connectivity index (χ4n) is 2.36. The van der Waals surface area contributed by atoms with Gasteiger partial charge in [0.05, 0.1) is 6.54 Å². The van der Waals surface area contributed by atoms with Gasteiger partial charge in [0.15, 0.2) is 17.5 Å². The highest BCUT2D eigenvalue weighted by molar-refractivity contribution is 6.30. The fourth-order valence-corrected chi connectivity index (χ4v) is 2.57. The molecule has 0 saturated heterocycles. The Kier molecular flexibility index (Phi) is 5.85. The van der Waals surface area contributed by atoms with Gasteiger partial charge in [-0.2, -0.15) is 0 Å². The van der Waals surface area contributed by atoms with E-state index in [-0.39, 0.29) is 6.79 Å². The van der Waals surface area contributed by atoms with E-state index in [1.165, 1.54) is 0 Å². The van der Waals surface area contributed by atoms with Crippen molar-refractivity contribution in [2.24, 2.45) is 4.99 Å². The van der Waals surface area contributed by atoms with Crippen LogP contribution in [0.1, 0.15) is 5.56 Å². The van der Waals surface area contributed by atoms with Crippen LogP contribution in [-0.4, -0.2) is 33.0 Å². The number of nitrogens with one attached hydrogen (secondary N) is 2. The zero-order valence-electron chi connectivity index (χ0n) is 13.9. The van der Waals surface area contributed by atoms with Crippen LogP contribution < -0.4 is 24.8 Å². The molecule has 2 N–H and O–H groups in total. The first-order chi connectivity index (χ1) is 12.2. The van der Waals surface area contributed by atoms with E-state index < -0.39 is 0 Å². The number of hydrogen-bond donors (Lipinski definition) is 2. The average Bonchev–Trinajstić information content (AvgIpc) is 3.09. The molecule has 0 atom stereocenters. The summed E-state index contributed by atoms with van der Waals surface area (Å²) in [5.74, 6) is 2.91. The van der Waals surface area contributed by atoms with Crippen LogP contribution in [0.25, 0.3) is 0 Å².